The summed E-state index contributed by atoms with van der Waals surface area (Å²) in [6.07, 6.45) is 5.84. The highest BCUT2D eigenvalue weighted by molar-refractivity contribution is 6.13. The maximum absolute atomic E-state index is 12.6. The van der Waals surface area contributed by atoms with Gasteiger partial charge in [0.1, 0.15) is 5.75 Å². The number of hydrogen-bond donors (Lipinski definition) is 3. The van der Waals surface area contributed by atoms with Crippen molar-refractivity contribution in [3.63, 3.8) is 0 Å². The average molecular weight is 383 g/mol. The van der Waals surface area contributed by atoms with Gasteiger partial charge in [-0.3, -0.25) is 9.59 Å². The quantitative estimate of drug-likeness (QED) is 0.573. The van der Waals surface area contributed by atoms with E-state index in [4.69, 9.17) is 4.74 Å². The van der Waals surface area contributed by atoms with Crippen LogP contribution in [-0.4, -0.2) is 35.9 Å². The molecular formula is C22H29N3O3. The Bertz CT molecular complexity index is 811. The molecule has 1 aliphatic carbocycles. The molecule has 150 valence electrons. The number of nitrogens with one attached hydrogen (secondary N) is 3. The van der Waals surface area contributed by atoms with E-state index in [2.05, 4.69) is 29.5 Å². The molecule has 28 heavy (non-hydrogen) atoms. The van der Waals surface area contributed by atoms with E-state index in [0.29, 0.717) is 35.9 Å². The van der Waals surface area contributed by atoms with Crippen molar-refractivity contribution >= 4 is 17.4 Å². The number of aryl methyl sites for hydroxylation is 1. The van der Waals surface area contributed by atoms with Crippen LogP contribution in [0.1, 0.15) is 65.9 Å². The molecule has 1 aromatic carbocycles. The summed E-state index contributed by atoms with van der Waals surface area (Å²) >= 11 is 0. The summed E-state index contributed by atoms with van der Waals surface area (Å²) in [5.74, 6) is 0.549. The Morgan fingerprint density at radius 1 is 1.25 bits per heavy atom. The lowest BCUT2D eigenvalue weighted by Gasteiger charge is -2.12. The first-order valence-electron chi connectivity index (χ1n) is 10.1. The minimum absolute atomic E-state index is 0.0409. The first-order chi connectivity index (χ1) is 13.6. The van der Waals surface area contributed by atoms with Gasteiger partial charge in [-0.1, -0.05) is 6.92 Å². The smallest absolute Gasteiger partial charge is 0.257 e. The standard InChI is InChI=1S/C22H29N3O3/c1-3-15(2)23-12-5-13-28-17-10-8-16(9-11-17)25-22(27)18-14-24-19-6-4-7-20(26)21(18)19/h8-11,14-15,23-24H,3-7,12-13H2,1-2H3,(H,25,27). The van der Waals surface area contributed by atoms with E-state index in [9.17, 15) is 9.59 Å². The van der Waals surface area contributed by atoms with Gasteiger partial charge < -0.3 is 20.4 Å². The van der Waals surface area contributed by atoms with E-state index in [0.717, 1.165) is 43.7 Å². The van der Waals surface area contributed by atoms with Gasteiger partial charge in [-0.15, -0.1) is 0 Å². The van der Waals surface area contributed by atoms with Crippen molar-refractivity contribution in [2.75, 3.05) is 18.5 Å². The predicted octanol–water partition coefficient (Wildman–Crippen LogP) is 3.94. The van der Waals surface area contributed by atoms with Gasteiger partial charge in [-0.2, -0.15) is 0 Å². The zero-order chi connectivity index (χ0) is 19.9. The molecule has 0 aliphatic heterocycles. The second kappa shape index (κ2) is 9.55. The Balaban J connectivity index is 1.50. The van der Waals surface area contributed by atoms with Crippen molar-refractivity contribution in [3.8, 4) is 5.75 Å². The van der Waals surface area contributed by atoms with Crippen LogP contribution < -0.4 is 15.4 Å². The van der Waals surface area contributed by atoms with Gasteiger partial charge in [0.25, 0.3) is 5.91 Å². The van der Waals surface area contributed by atoms with Crippen LogP contribution in [0.2, 0.25) is 0 Å². The molecular weight excluding hydrogens is 354 g/mol. The van der Waals surface area contributed by atoms with Crippen LogP contribution in [0.5, 0.6) is 5.75 Å². The van der Waals surface area contributed by atoms with E-state index in [1.54, 1.807) is 6.20 Å². The van der Waals surface area contributed by atoms with Crippen LogP contribution in [-0.2, 0) is 6.42 Å². The molecule has 1 unspecified atom stereocenters. The van der Waals surface area contributed by atoms with Gasteiger partial charge >= 0.3 is 0 Å². The van der Waals surface area contributed by atoms with Gasteiger partial charge in [0.05, 0.1) is 17.7 Å². The zero-order valence-corrected chi connectivity index (χ0v) is 16.6. The summed E-state index contributed by atoms with van der Waals surface area (Å²) in [5, 5.41) is 6.29. The SMILES string of the molecule is CCC(C)NCCCOc1ccc(NC(=O)c2c[nH]c3c2C(=O)CCC3)cc1. The fourth-order valence-corrected chi connectivity index (χ4v) is 3.30. The molecule has 0 bridgehead atoms. The Morgan fingerprint density at radius 2 is 2.04 bits per heavy atom. The largest absolute Gasteiger partial charge is 0.494 e. The molecule has 1 aromatic heterocycles. The van der Waals surface area contributed by atoms with Crippen LogP contribution in [0.25, 0.3) is 0 Å². The van der Waals surface area contributed by atoms with Crippen molar-refractivity contribution in [3.05, 3.63) is 47.3 Å². The van der Waals surface area contributed by atoms with Gasteiger partial charge in [0, 0.05) is 30.0 Å². The maximum atomic E-state index is 12.6. The van der Waals surface area contributed by atoms with Crippen LogP contribution >= 0.6 is 0 Å². The number of aromatic nitrogens is 1. The summed E-state index contributed by atoms with van der Waals surface area (Å²) in [4.78, 5) is 27.8. The molecule has 3 N–H and O–H groups in total. The lowest BCUT2D eigenvalue weighted by atomic mass is 9.93. The maximum Gasteiger partial charge on any atom is 0.257 e. The summed E-state index contributed by atoms with van der Waals surface area (Å²) in [6, 6.07) is 7.84. The number of rotatable bonds is 9. The zero-order valence-electron chi connectivity index (χ0n) is 16.6. The molecule has 1 atom stereocenters. The van der Waals surface area contributed by atoms with E-state index in [-0.39, 0.29) is 11.7 Å². The fourth-order valence-electron chi connectivity index (χ4n) is 3.30. The third-order valence-corrected chi connectivity index (χ3v) is 5.12. The number of ketones is 1. The summed E-state index contributed by atoms with van der Waals surface area (Å²) in [6.45, 7) is 5.92. The van der Waals surface area contributed by atoms with Crippen LogP contribution in [0.15, 0.2) is 30.5 Å². The number of carbonyl (C=O) groups excluding carboxylic acids is 2. The molecule has 1 heterocycles. The Morgan fingerprint density at radius 3 is 2.79 bits per heavy atom. The molecule has 1 aliphatic rings. The van der Waals surface area contributed by atoms with Gasteiger partial charge in [-0.25, -0.2) is 0 Å². The van der Waals surface area contributed by atoms with Crippen LogP contribution in [0, 0.1) is 0 Å². The number of carbonyl (C=O) groups is 2. The van der Waals surface area contributed by atoms with Gasteiger partial charge in [0.15, 0.2) is 5.78 Å². The van der Waals surface area contributed by atoms with Crippen LogP contribution in [0.4, 0.5) is 5.69 Å². The first-order valence-corrected chi connectivity index (χ1v) is 10.1. The molecule has 0 saturated carbocycles. The second-order valence-corrected chi connectivity index (χ2v) is 7.28. The Hall–Kier alpha value is -2.60. The molecule has 3 rings (SSSR count). The lowest BCUT2D eigenvalue weighted by Crippen LogP contribution is -2.27. The van der Waals surface area contributed by atoms with Crippen molar-refractivity contribution in [2.45, 2.75) is 52.0 Å². The normalized spacial score (nSPS) is 14.4. The number of amides is 1. The van der Waals surface area contributed by atoms with Gasteiger partial charge in [0.2, 0.25) is 0 Å². The molecule has 0 fully saturated rings. The topological polar surface area (TPSA) is 83.2 Å². The molecule has 2 aromatic rings. The Kier molecular flexibility index (Phi) is 6.87. The number of ether oxygens (including phenoxy) is 1. The highest BCUT2D eigenvalue weighted by Crippen LogP contribution is 2.25. The van der Waals surface area contributed by atoms with E-state index in [1.807, 2.05) is 24.3 Å². The Labute approximate surface area is 166 Å². The number of H-pyrrole nitrogens is 1. The first kappa shape index (κ1) is 20.1. The van der Waals surface area contributed by atoms with Crippen LogP contribution in [0.3, 0.4) is 0 Å². The number of Topliss-reactive ketones (excluding diaryl/α,β-unsaturated/α-hetero) is 1. The molecule has 6 nitrogen and oxygen atoms in total. The molecule has 0 saturated heterocycles. The van der Waals surface area contributed by atoms with E-state index >= 15 is 0 Å². The molecule has 1 amide bonds. The number of benzene rings is 1. The third kappa shape index (κ3) is 5.01. The minimum atomic E-state index is -0.266. The third-order valence-electron chi connectivity index (χ3n) is 5.12. The number of aromatic amines is 1. The highest BCUT2D eigenvalue weighted by Gasteiger charge is 2.25. The predicted molar refractivity (Wildman–Crippen MR) is 110 cm³/mol. The van der Waals surface area contributed by atoms with Gasteiger partial charge in [-0.05, 0) is 63.4 Å². The number of anilines is 1. The van der Waals surface area contributed by atoms with Crippen molar-refractivity contribution in [1.29, 1.82) is 0 Å². The number of hydrogen-bond acceptors (Lipinski definition) is 4. The molecule has 0 radical (unpaired) electrons. The monoisotopic (exact) mass is 383 g/mol. The molecule has 0 spiro atoms. The summed E-state index contributed by atoms with van der Waals surface area (Å²) < 4.78 is 5.74. The molecule has 6 heteroatoms. The lowest BCUT2D eigenvalue weighted by molar-refractivity contribution is 0.0956. The van der Waals surface area contributed by atoms with Crippen molar-refractivity contribution in [2.24, 2.45) is 0 Å². The number of fused-ring (bicyclic) bond motifs is 1. The van der Waals surface area contributed by atoms with E-state index in [1.165, 1.54) is 0 Å². The average Bonchev–Trinajstić information content (AvgIpc) is 3.14. The summed E-state index contributed by atoms with van der Waals surface area (Å²) in [7, 11) is 0. The minimum Gasteiger partial charge on any atom is -0.494 e. The van der Waals surface area contributed by atoms with Crippen molar-refractivity contribution in [1.82, 2.24) is 10.3 Å². The van der Waals surface area contributed by atoms with E-state index < -0.39 is 0 Å². The summed E-state index contributed by atoms with van der Waals surface area (Å²) in [5.41, 5.74) is 2.52. The fraction of sp³-hybridized carbons (Fsp3) is 0.455. The second-order valence-electron chi connectivity index (χ2n) is 7.28. The van der Waals surface area contributed by atoms with Crippen molar-refractivity contribution < 1.29 is 14.3 Å². The highest BCUT2D eigenvalue weighted by atomic mass is 16.5.